The Morgan fingerprint density at radius 3 is 2.09 bits per heavy atom. The Morgan fingerprint density at radius 2 is 1.57 bits per heavy atom. The average molecular weight is 321 g/mol. The summed E-state index contributed by atoms with van der Waals surface area (Å²) in [6.07, 6.45) is 17.6. The number of rotatable bonds is 12. The summed E-state index contributed by atoms with van der Waals surface area (Å²) in [6, 6.07) is 0. The minimum absolute atomic E-state index is 0.109. The predicted octanol–water partition coefficient (Wildman–Crippen LogP) is 6.82. The fraction of sp³-hybridized carbons (Fsp3) is 0.818. The van der Waals surface area contributed by atoms with Crippen LogP contribution in [0, 0.1) is 11.8 Å². The van der Waals surface area contributed by atoms with Gasteiger partial charge in [0.1, 0.15) is 0 Å². The second-order valence-electron chi connectivity index (χ2n) is 7.31. The molecule has 1 aliphatic rings. The molecule has 0 amide bonds. The SMILES string of the molecule is CCC/C(=C(/CC)CC[C@H](O)CCC)[C@H](CCC)C1CC=CC1. The third kappa shape index (κ3) is 6.83. The second-order valence-corrected chi connectivity index (χ2v) is 7.31. The van der Waals surface area contributed by atoms with Crippen LogP contribution in [0.2, 0.25) is 0 Å². The van der Waals surface area contributed by atoms with Crippen LogP contribution in [0.25, 0.3) is 0 Å². The molecule has 1 heteroatoms. The number of aliphatic hydroxyl groups is 1. The van der Waals surface area contributed by atoms with Crippen molar-refractivity contribution in [3.63, 3.8) is 0 Å². The standard InChI is InChI=1S/C22H40O/c1-5-11-20(23)17-16-18(8-4)21(12-6-2)22(13-7-3)19-14-9-10-15-19/h9-10,19-20,22-23H,5-8,11-17H2,1-4H3/b21-18+/t20-,22-/m1/s1. The van der Waals surface area contributed by atoms with Gasteiger partial charge in [0.15, 0.2) is 0 Å². The van der Waals surface area contributed by atoms with E-state index in [9.17, 15) is 5.11 Å². The van der Waals surface area contributed by atoms with Gasteiger partial charge in [-0.2, -0.15) is 0 Å². The first-order chi connectivity index (χ1) is 11.2. The van der Waals surface area contributed by atoms with Gasteiger partial charge in [-0.25, -0.2) is 0 Å². The number of hydrogen-bond donors (Lipinski definition) is 1. The molecule has 0 aromatic carbocycles. The van der Waals surface area contributed by atoms with E-state index in [1.54, 1.807) is 11.1 Å². The van der Waals surface area contributed by atoms with E-state index in [0.717, 1.165) is 43.9 Å². The van der Waals surface area contributed by atoms with Gasteiger partial charge in [0.05, 0.1) is 6.10 Å². The molecule has 0 aliphatic heterocycles. The molecule has 0 aromatic heterocycles. The third-order valence-corrected chi connectivity index (χ3v) is 5.46. The van der Waals surface area contributed by atoms with Crippen LogP contribution in [0.15, 0.2) is 23.3 Å². The van der Waals surface area contributed by atoms with Crippen LogP contribution in [0.5, 0.6) is 0 Å². The Morgan fingerprint density at radius 1 is 0.913 bits per heavy atom. The monoisotopic (exact) mass is 320 g/mol. The third-order valence-electron chi connectivity index (χ3n) is 5.46. The molecule has 0 fully saturated rings. The van der Waals surface area contributed by atoms with Crippen molar-refractivity contribution >= 4 is 0 Å². The lowest BCUT2D eigenvalue weighted by Crippen LogP contribution is -2.17. The molecular weight excluding hydrogens is 280 g/mol. The lowest BCUT2D eigenvalue weighted by Gasteiger charge is -2.29. The number of hydrogen-bond acceptors (Lipinski definition) is 1. The van der Waals surface area contributed by atoms with Crippen LogP contribution in [0.4, 0.5) is 0 Å². The largest absolute Gasteiger partial charge is 0.393 e. The van der Waals surface area contributed by atoms with Gasteiger partial charge in [0, 0.05) is 0 Å². The molecule has 0 aromatic rings. The van der Waals surface area contributed by atoms with Crippen molar-refractivity contribution in [2.45, 2.75) is 104 Å². The van der Waals surface area contributed by atoms with E-state index in [0.29, 0.717) is 0 Å². The molecule has 2 atom stereocenters. The molecule has 1 aliphatic carbocycles. The zero-order chi connectivity index (χ0) is 17.1. The van der Waals surface area contributed by atoms with Crippen LogP contribution >= 0.6 is 0 Å². The van der Waals surface area contributed by atoms with E-state index < -0.39 is 0 Å². The highest BCUT2D eigenvalue weighted by molar-refractivity contribution is 5.20. The predicted molar refractivity (Wildman–Crippen MR) is 103 cm³/mol. The fourth-order valence-corrected chi connectivity index (χ4v) is 4.25. The van der Waals surface area contributed by atoms with E-state index in [4.69, 9.17) is 0 Å². The first-order valence-electron chi connectivity index (χ1n) is 10.2. The van der Waals surface area contributed by atoms with Crippen molar-refractivity contribution in [1.29, 1.82) is 0 Å². The summed E-state index contributed by atoms with van der Waals surface area (Å²) in [5.41, 5.74) is 3.42. The van der Waals surface area contributed by atoms with Gasteiger partial charge in [0.25, 0.3) is 0 Å². The summed E-state index contributed by atoms with van der Waals surface area (Å²) in [4.78, 5) is 0. The summed E-state index contributed by atoms with van der Waals surface area (Å²) in [6.45, 7) is 9.12. The quantitative estimate of drug-likeness (QED) is 0.391. The Balaban J connectivity index is 2.89. The molecule has 0 saturated heterocycles. The summed E-state index contributed by atoms with van der Waals surface area (Å²) in [5, 5.41) is 10.1. The first-order valence-corrected chi connectivity index (χ1v) is 10.2. The molecule has 23 heavy (non-hydrogen) atoms. The van der Waals surface area contributed by atoms with Crippen molar-refractivity contribution in [1.82, 2.24) is 0 Å². The first kappa shape index (κ1) is 20.5. The van der Waals surface area contributed by atoms with Gasteiger partial charge in [-0.05, 0) is 63.2 Å². The van der Waals surface area contributed by atoms with E-state index in [2.05, 4.69) is 39.8 Å². The maximum Gasteiger partial charge on any atom is 0.0543 e. The van der Waals surface area contributed by atoms with E-state index in [1.165, 1.54) is 38.5 Å². The fourth-order valence-electron chi connectivity index (χ4n) is 4.25. The minimum atomic E-state index is -0.109. The van der Waals surface area contributed by atoms with E-state index in [-0.39, 0.29) is 6.10 Å². The number of aliphatic hydroxyl groups excluding tert-OH is 1. The number of allylic oxidation sites excluding steroid dienone is 4. The van der Waals surface area contributed by atoms with E-state index >= 15 is 0 Å². The Hall–Kier alpha value is -0.560. The molecular formula is C22H40O. The Kier molecular flexibility index (Phi) is 10.6. The van der Waals surface area contributed by atoms with Gasteiger partial charge < -0.3 is 5.11 Å². The summed E-state index contributed by atoms with van der Waals surface area (Å²) < 4.78 is 0. The molecule has 1 N–H and O–H groups in total. The smallest absolute Gasteiger partial charge is 0.0543 e. The molecule has 0 bridgehead atoms. The summed E-state index contributed by atoms with van der Waals surface area (Å²) >= 11 is 0. The highest BCUT2D eigenvalue weighted by Gasteiger charge is 2.26. The van der Waals surface area contributed by atoms with Crippen molar-refractivity contribution < 1.29 is 5.11 Å². The van der Waals surface area contributed by atoms with Gasteiger partial charge in [-0.15, -0.1) is 0 Å². The molecule has 1 rings (SSSR count). The molecule has 0 radical (unpaired) electrons. The lowest BCUT2D eigenvalue weighted by atomic mass is 9.76. The normalized spacial score (nSPS) is 19.0. The van der Waals surface area contributed by atoms with E-state index in [1.807, 2.05) is 0 Å². The summed E-state index contributed by atoms with van der Waals surface area (Å²) in [5.74, 6) is 1.60. The molecule has 0 spiro atoms. The Labute approximate surface area is 145 Å². The van der Waals surface area contributed by atoms with Crippen LogP contribution < -0.4 is 0 Å². The molecule has 0 heterocycles. The van der Waals surface area contributed by atoms with Gasteiger partial charge in [-0.3, -0.25) is 0 Å². The maximum atomic E-state index is 10.1. The zero-order valence-electron chi connectivity index (χ0n) is 16.1. The minimum Gasteiger partial charge on any atom is -0.393 e. The van der Waals surface area contributed by atoms with Crippen molar-refractivity contribution in [2.75, 3.05) is 0 Å². The lowest BCUT2D eigenvalue weighted by molar-refractivity contribution is 0.153. The second kappa shape index (κ2) is 11.9. The maximum absolute atomic E-state index is 10.1. The molecule has 0 saturated carbocycles. The molecule has 0 unspecified atom stereocenters. The van der Waals surface area contributed by atoms with Crippen LogP contribution in [0.3, 0.4) is 0 Å². The van der Waals surface area contributed by atoms with Crippen LogP contribution in [0.1, 0.15) is 98.3 Å². The van der Waals surface area contributed by atoms with Crippen molar-refractivity contribution in [3.05, 3.63) is 23.3 Å². The van der Waals surface area contributed by atoms with Crippen molar-refractivity contribution in [2.24, 2.45) is 11.8 Å². The van der Waals surface area contributed by atoms with Gasteiger partial charge in [0.2, 0.25) is 0 Å². The van der Waals surface area contributed by atoms with Crippen LogP contribution in [-0.2, 0) is 0 Å². The van der Waals surface area contributed by atoms with Crippen molar-refractivity contribution in [3.8, 4) is 0 Å². The highest BCUT2D eigenvalue weighted by atomic mass is 16.3. The topological polar surface area (TPSA) is 20.2 Å². The molecule has 1 nitrogen and oxygen atoms in total. The summed E-state index contributed by atoms with van der Waals surface area (Å²) in [7, 11) is 0. The molecule has 134 valence electrons. The van der Waals surface area contributed by atoms with Gasteiger partial charge in [-0.1, -0.05) is 70.3 Å². The van der Waals surface area contributed by atoms with Gasteiger partial charge >= 0.3 is 0 Å². The Bertz CT molecular complexity index is 358. The average Bonchev–Trinajstić information content (AvgIpc) is 3.06. The van der Waals surface area contributed by atoms with Crippen LogP contribution in [-0.4, -0.2) is 11.2 Å². The highest BCUT2D eigenvalue weighted by Crippen LogP contribution is 2.39. The zero-order valence-corrected chi connectivity index (χ0v) is 16.1.